The molecule has 2 rings (SSSR count). The van der Waals surface area contributed by atoms with Crippen molar-refractivity contribution in [2.45, 2.75) is 12.5 Å². The first kappa shape index (κ1) is 17.1. The minimum Gasteiger partial charge on any atom is -0.367 e. The highest BCUT2D eigenvalue weighted by Gasteiger charge is 2.40. The van der Waals surface area contributed by atoms with Gasteiger partial charge in [0.15, 0.2) is 0 Å². The molecule has 0 aromatic heterocycles. The lowest BCUT2D eigenvalue weighted by Crippen LogP contribution is -2.53. The molecule has 2 aromatic rings. The summed E-state index contributed by atoms with van der Waals surface area (Å²) in [7, 11) is 1.47. The molecular formula is C17H17N3O4. The molecule has 124 valence electrons. The summed E-state index contributed by atoms with van der Waals surface area (Å²) < 4.78 is 0. The monoisotopic (exact) mass is 327 g/mol. The van der Waals surface area contributed by atoms with Gasteiger partial charge < -0.3 is 10.6 Å². The van der Waals surface area contributed by atoms with Gasteiger partial charge in [-0.1, -0.05) is 30.3 Å². The number of nitro groups is 1. The molecule has 0 saturated carbocycles. The molecular weight excluding hydrogens is 310 g/mol. The third-order valence-electron chi connectivity index (χ3n) is 4.12. The Balaban J connectivity index is 2.40. The van der Waals surface area contributed by atoms with Gasteiger partial charge in [-0.2, -0.15) is 0 Å². The van der Waals surface area contributed by atoms with E-state index in [9.17, 15) is 19.7 Å². The van der Waals surface area contributed by atoms with Crippen LogP contribution in [-0.4, -0.2) is 28.7 Å². The van der Waals surface area contributed by atoms with Crippen LogP contribution in [0.1, 0.15) is 22.8 Å². The predicted molar refractivity (Wildman–Crippen MR) is 88.2 cm³/mol. The Bertz CT molecular complexity index is 774. The van der Waals surface area contributed by atoms with E-state index >= 15 is 0 Å². The first-order valence-electron chi connectivity index (χ1n) is 7.16. The van der Waals surface area contributed by atoms with Crippen LogP contribution >= 0.6 is 0 Å². The van der Waals surface area contributed by atoms with Crippen LogP contribution in [0.3, 0.4) is 0 Å². The van der Waals surface area contributed by atoms with Gasteiger partial charge >= 0.3 is 0 Å². The average molecular weight is 327 g/mol. The predicted octanol–water partition coefficient (Wildman–Crippen LogP) is 2.07. The molecule has 0 heterocycles. The highest BCUT2D eigenvalue weighted by molar-refractivity contribution is 5.99. The normalized spacial score (nSPS) is 12.9. The molecule has 0 fully saturated rings. The minimum atomic E-state index is -1.35. The lowest BCUT2D eigenvalue weighted by Gasteiger charge is -2.36. The summed E-state index contributed by atoms with van der Waals surface area (Å²) in [6, 6.07) is 13.9. The fourth-order valence-corrected chi connectivity index (χ4v) is 2.39. The Morgan fingerprint density at radius 1 is 1.08 bits per heavy atom. The number of amides is 2. The number of primary amides is 1. The second-order valence-electron chi connectivity index (χ2n) is 5.47. The smallest absolute Gasteiger partial charge is 0.269 e. The number of carbonyl (C=O) groups is 2. The molecule has 0 aliphatic carbocycles. The SMILES string of the molecule is CN(C(=O)c1ccc([N+](=O)[O-])cc1)[C@@](C)(C(N)=O)c1ccccc1. The highest BCUT2D eigenvalue weighted by atomic mass is 16.6. The molecule has 2 N–H and O–H groups in total. The number of nitrogens with zero attached hydrogens (tertiary/aromatic N) is 2. The molecule has 0 unspecified atom stereocenters. The Morgan fingerprint density at radius 3 is 2.08 bits per heavy atom. The average Bonchev–Trinajstić information content (AvgIpc) is 2.60. The summed E-state index contributed by atoms with van der Waals surface area (Å²) in [6.07, 6.45) is 0. The summed E-state index contributed by atoms with van der Waals surface area (Å²) in [5.74, 6) is -1.14. The van der Waals surface area contributed by atoms with Gasteiger partial charge in [-0.3, -0.25) is 19.7 Å². The molecule has 7 heteroatoms. The molecule has 0 saturated heterocycles. The zero-order valence-corrected chi connectivity index (χ0v) is 13.3. The molecule has 0 bridgehead atoms. The summed E-state index contributed by atoms with van der Waals surface area (Å²) in [4.78, 5) is 36.2. The number of rotatable bonds is 5. The lowest BCUT2D eigenvalue weighted by atomic mass is 9.89. The zero-order valence-electron chi connectivity index (χ0n) is 13.3. The Kier molecular flexibility index (Phi) is 4.64. The number of likely N-dealkylation sites (N-methyl/N-ethyl adjacent to an activating group) is 1. The van der Waals surface area contributed by atoms with E-state index in [1.54, 1.807) is 37.3 Å². The molecule has 2 aromatic carbocycles. The van der Waals surface area contributed by atoms with Gasteiger partial charge in [-0.05, 0) is 24.6 Å². The summed E-state index contributed by atoms with van der Waals surface area (Å²) >= 11 is 0. The van der Waals surface area contributed by atoms with Crippen LogP contribution in [0.2, 0.25) is 0 Å². The fraction of sp³-hybridized carbons (Fsp3) is 0.176. The van der Waals surface area contributed by atoms with E-state index in [1.165, 1.54) is 36.2 Å². The largest absolute Gasteiger partial charge is 0.367 e. The third kappa shape index (κ3) is 2.96. The number of hydrogen-bond donors (Lipinski definition) is 1. The van der Waals surface area contributed by atoms with Crippen molar-refractivity contribution in [1.29, 1.82) is 0 Å². The van der Waals surface area contributed by atoms with E-state index in [4.69, 9.17) is 5.73 Å². The van der Waals surface area contributed by atoms with Crippen LogP contribution in [0.5, 0.6) is 0 Å². The van der Waals surface area contributed by atoms with E-state index < -0.39 is 22.3 Å². The number of nitro benzene ring substituents is 1. The first-order valence-corrected chi connectivity index (χ1v) is 7.16. The molecule has 0 aliphatic rings. The first-order chi connectivity index (χ1) is 11.3. The van der Waals surface area contributed by atoms with Gasteiger partial charge in [0, 0.05) is 24.7 Å². The van der Waals surface area contributed by atoms with E-state index in [0.717, 1.165) is 0 Å². The summed E-state index contributed by atoms with van der Waals surface area (Å²) in [6.45, 7) is 1.56. The molecule has 7 nitrogen and oxygen atoms in total. The third-order valence-corrected chi connectivity index (χ3v) is 4.12. The van der Waals surface area contributed by atoms with Crippen LogP contribution in [0, 0.1) is 10.1 Å². The molecule has 24 heavy (non-hydrogen) atoms. The van der Waals surface area contributed by atoms with E-state index in [1.807, 2.05) is 0 Å². The van der Waals surface area contributed by atoms with Crippen LogP contribution in [0.4, 0.5) is 5.69 Å². The van der Waals surface area contributed by atoms with Crippen LogP contribution in [-0.2, 0) is 10.3 Å². The van der Waals surface area contributed by atoms with Crippen molar-refractivity contribution < 1.29 is 14.5 Å². The van der Waals surface area contributed by atoms with Crippen LogP contribution < -0.4 is 5.73 Å². The van der Waals surface area contributed by atoms with Gasteiger partial charge in [0.25, 0.3) is 11.6 Å². The van der Waals surface area contributed by atoms with Crippen LogP contribution in [0.15, 0.2) is 54.6 Å². The van der Waals surface area contributed by atoms with Crippen molar-refractivity contribution in [1.82, 2.24) is 4.90 Å². The summed E-state index contributed by atoms with van der Waals surface area (Å²) in [5, 5.41) is 10.7. The maximum atomic E-state index is 12.7. The maximum Gasteiger partial charge on any atom is 0.269 e. The molecule has 0 aliphatic heterocycles. The van der Waals surface area contributed by atoms with Crippen molar-refractivity contribution in [3.05, 3.63) is 75.8 Å². The lowest BCUT2D eigenvalue weighted by molar-refractivity contribution is -0.384. The number of nitrogens with two attached hydrogens (primary N) is 1. The van der Waals surface area contributed by atoms with Gasteiger partial charge in [-0.25, -0.2) is 0 Å². The fourth-order valence-electron chi connectivity index (χ4n) is 2.39. The number of carbonyl (C=O) groups excluding carboxylic acids is 2. The highest BCUT2D eigenvalue weighted by Crippen LogP contribution is 2.28. The van der Waals surface area contributed by atoms with Crippen molar-refractivity contribution >= 4 is 17.5 Å². The van der Waals surface area contributed by atoms with Crippen molar-refractivity contribution in [3.8, 4) is 0 Å². The molecule has 1 atom stereocenters. The number of hydrogen-bond acceptors (Lipinski definition) is 4. The minimum absolute atomic E-state index is 0.116. The Labute approximate surface area is 138 Å². The van der Waals surface area contributed by atoms with E-state index in [2.05, 4.69) is 0 Å². The van der Waals surface area contributed by atoms with Gasteiger partial charge in [0.05, 0.1) is 4.92 Å². The molecule has 0 radical (unpaired) electrons. The second kappa shape index (κ2) is 6.49. The van der Waals surface area contributed by atoms with Gasteiger partial charge in [0.2, 0.25) is 5.91 Å². The van der Waals surface area contributed by atoms with Crippen molar-refractivity contribution in [3.63, 3.8) is 0 Å². The molecule has 2 amide bonds. The standard InChI is InChI=1S/C17H17N3O4/c1-17(16(18)22,13-6-4-3-5-7-13)19(2)15(21)12-8-10-14(11-9-12)20(23)24/h3-11H,1-2H3,(H2,18,22)/t17-/m1/s1. The quantitative estimate of drug-likeness (QED) is 0.670. The van der Waals surface area contributed by atoms with Crippen molar-refractivity contribution in [2.75, 3.05) is 7.05 Å². The number of non-ortho nitro benzene ring substituents is 1. The topological polar surface area (TPSA) is 107 Å². The van der Waals surface area contributed by atoms with Crippen LogP contribution in [0.25, 0.3) is 0 Å². The number of benzene rings is 2. The molecule has 0 spiro atoms. The van der Waals surface area contributed by atoms with E-state index in [-0.39, 0.29) is 11.3 Å². The van der Waals surface area contributed by atoms with Gasteiger partial charge in [-0.15, -0.1) is 0 Å². The van der Waals surface area contributed by atoms with E-state index in [0.29, 0.717) is 5.56 Å². The Hall–Kier alpha value is -3.22. The van der Waals surface area contributed by atoms with Crippen molar-refractivity contribution in [2.24, 2.45) is 5.73 Å². The zero-order chi connectivity index (χ0) is 17.9. The Morgan fingerprint density at radius 2 is 1.62 bits per heavy atom. The maximum absolute atomic E-state index is 12.7. The summed E-state index contributed by atoms with van der Waals surface area (Å²) in [5.41, 5.74) is 4.91. The second-order valence-corrected chi connectivity index (χ2v) is 5.47. The van der Waals surface area contributed by atoms with Gasteiger partial charge in [0.1, 0.15) is 5.54 Å².